The number of nitrogens with one attached hydrogen (secondary N) is 2. The fourth-order valence-corrected chi connectivity index (χ4v) is 3.10. The first-order valence-electron chi connectivity index (χ1n) is 5.67. The zero-order valence-corrected chi connectivity index (χ0v) is 11.5. The van der Waals surface area contributed by atoms with Crippen molar-refractivity contribution in [3.8, 4) is 5.75 Å². The monoisotopic (exact) mass is 286 g/mol. The third-order valence-electron chi connectivity index (χ3n) is 3.70. The molecule has 3 rings (SSSR count). The lowest BCUT2D eigenvalue weighted by atomic mass is 9.82. The summed E-state index contributed by atoms with van der Waals surface area (Å²) in [4.78, 5) is 0. The Hall–Kier alpha value is -1.07. The van der Waals surface area contributed by atoms with Crippen LogP contribution in [-0.4, -0.2) is 10.8 Å². The minimum atomic E-state index is -0.700. The Kier molecular flexibility index (Phi) is 2.47. The van der Waals surface area contributed by atoms with E-state index in [1.165, 1.54) is 6.07 Å². The number of ether oxygens (including phenoxy) is 1. The first kappa shape index (κ1) is 12.0. The lowest BCUT2D eigenvalue weighted by Gasteiger charge is -2.50. The van der Waals surface area contributed by atoms with E-state index < -0.39 is 11.5 Å². The highest BCUT2D eigenvalue weighted by atomic mass is 35.5. The van der Waals surface area contributed by atoms with Crippen LogP contribution in [0.2, 0.25) is 5.02 Å². The normalized spacial score (nSPS) is 33.0. The molecule has 96 valence electrons. The van der Waals surface area contributed by atoms with Crippen molar-refractivity contribution in [2.24, 2.45) is 5.92 Å². The van der Waals surface area contributed by atoms with Crippen LogP contribution >= 0.6 is 23.8 Å². The van der Waals surface area contributed by atoms with E-state index in [1.54, 1.807) is 6.07 Å². The second kappa shape index (κ2) is 3.71. The van der Waals surface area contributed by atoms with Crippen molar-refractivity contribution >= 4 is 28.9 Å². The minimum Gasteiger partial charge on any atom is -0.465 e. The van der Waals surface area contributed by atoms with Crippen molar-refractivity contribution in [1.29, 1.82) is 0 Å². The highest BCUT2D eigenvalue weighted by Crippen LogP contribution is 2.46. The molecule has 0 saturated carbocycles. The van der Waals surface area contributed by atoms with E-state index in [1.807, 2.05) is 13.8 Å². The Labute approximate surface area is 115 Å². The fourth-order valence-electron chi connectivity index (χ4n) is 2.56. The summed E-state index contributed by atoms with van der Waals surface area (Å²) in [5.41, 5.74) is 0.0168. The molecule has 2 aliphatic heterocycles. The molecule has 1 aromatic carbocycles. The predicted octanol–water partition coefficient (Wildman–Crippen LogP) is 2.74. The van der Waals surface area contributed by atoms with E-state index in [-0.39, 0.29) is 17.7 Å². The van der Waals surface area contributed by atoms with E-state index in [0.717, 1.165) is 0 Å². The minimum absolute atomic E-state index is 0.0922. The first-order chi connectivity index (χ1) is 8.40. The number of fused-ring (bicyclic) bond motifs is 4. The molecule has 0 spiro atoms. The lowest BCUT2D eigenvalue weighted by molar-refractivity contribution is -0.0295. The molecular weight excluding hydrogens is 275 g/mol. The SMILES string of the molecule is CC1C2NC(=S)NC1(C)Oc1c(F)cc(Cl)cc12. The molecule has 2 aliphatic rings. The molecule has 3 unspecified atom stereocenters. The second-order valence-electron chi connectivity index (χ2n) is 4.88. The third kappa shape index (κ3) is 1.57. The molecule has 0 aliphatic carbocycles. The van der Waals surface area contributed by atoms with Crippen LogP contribution < -0.4 is 15.4 Å². The average Bonchev–Trinajstić information content (AvgIpc) is 2.25. The van der Waals surface area contributed by atoms with Gasteiger partial charge in [-0.05, 0) is 31.3 Å². The summed E-state index contributed by atoms with van der Waals surface area (Å²) in [6, 6.07) is 2.89. The summed E-state index contributed by atoms with van der Waals surface area (Å²) in [5, 5.41) is 7.07. The van der Waals surface area contributed by atoms with Crippen molar-refractivity contribution in [3.63, 3.8) is 0 Å². The van der Waals surface area contributed by atoms with Gasteiger partial charge in [-0.3, -0.25) is 0 Å². The molecule has 2 heterocycles. The maximum atomic E-state index is 13.9. The molecule has 6 heteroatoms. The van der Waals surface area contributed by atoms with E-state index >= 15 is 0 Å². The summed E-state index contributed by atoms with van der Waals surface area (Å²) in [5.74, 6) is -0.112. The number of rotatable bonds is 0. The standard InChI is InChI=1S/C12H12ClFN2OS/c1-5-9-7-3-6(13)4-8(14)10(7)17-12(5,2)16-11(18)15-9/h3-5,9H,1-2H3,(H2,15,16,18). The van der Waals surface area contributed by atoms with Crippen LogP contribution in [0.3, 0.4) is 0 Å². The van der Waals surface area contributed by atoms with Gasteiger partial charge in [0.2, 0.25) is 0 Å². The Morgan fingerprint density at radius 1 is 1.50 bits per heavy atom. The zero-order chi connectivity index (χ0) is 13.1. The summed E-state index contributed by atoms with van der Waals surface area (Å²) in [6.07, 6.45) is 0. The molecule has 0 aromatic heterocycles. The van der Waals surface area contributed by atoms with Crippen LogP contribution in [0.25, 0.3) is 0 Å². The smallest absolute Gasteiger partial charge is 0.184 e. The Morgan fingerprint density at radius 3 is 2.94 bits per heavy atom. The molecule has 2 bridgehead atoms. The van der Waals surface area contributed by atoms with Gasteiger partial charge in [0.25, 0.3) is 0 Å². The molecule has 1 aromatic rings. The van der Waals surface area contributed by atoms with Crippen LogP contribution in [0.4, 0.5) is 4.39 Å². The second-order valence-corrected chi connectivity index (χ2v) is 5.72. The molecule has 3 atom stereocenters. The Bertz CT molecular complexity index is 553. The third-order valence-corrected chi connectivity index (χ3v) is 4.14. The summed E-state index contributed by atoms with van der Waals surface area (Å²) >= 11 is 11.1. The van der Waals surface area contributed by atoms with Crippen molar-refractivity contribution in [1.82, 2.24) is 10.6 Å². The molecular formula is C12H12ClFN2OS. The quantitative estimate of drug-likeness (QED) is 0.719. The molecule has 3 nitrogen and oxygen atoms in total. The van der Waals surface area contributed by atoms with Crippen molar-refractivity contribution in [2.45, 2.75) is 25.6 Å². The van der Waals surface area contributed by atoms with Crippen molar-refractivity contribution in [2.75, 3.05) is 0 Å². The van der Waals surface area contributed by atoms with Crippen LogP contribution in [0.5, 0.6) is 5.75 Å². The van der Waals surface area contributed by atoms with Gasteiger partial charge < -0.3 is 15.4 Å². The van der Waals surface area contributed by atoms with Crippen LogP contribution in [-0.2, 0) is 0 Å². The van der Waals surface area contributed by atoms with Gasteiger partial charge in [-0.1, -0.05) is 18.5 Å². The van der Waals surface area contributed by atoms with Gasteiger partial charge >= 0.3 is 0 Å². The highest BCUT2D eigenvalue weighted by Gasteiger charge is 2.49. The number of benzene rings is 1. The van der Waals surface area contributed by atoms with Crippen LogP contribution in [0, 0.1) is 11.7 Å². The Balaban J connectivity index is 2.20. The summed E-state index contributed by atoms with van der Waals surface area (Å²) in [7, 11) is 0. The molecule has 1 saturated heterocycles. The van der Waals surface area contributed by atoms with Gasteiger partial charge in [0, 0.05) is 16.5 Å². The summed E-state index contributed by atoms with van der Waals surface area (Å²) in [6.45, 7) is 3.89. The maximum Gasteiger partial charge on any atom is 0.184 e. The van der Waals surface area contributed by atoms with Crippen LogP contribution in [0.1, 0.15) is 25.5 Å². The lowest BCUT2D eigenvalue weighted by Crippen LogP contribution is -2.67. The molecule has 0 radical (unpaired) electrons. The largest absolute Gasteiger partial charge is 0.465 e. The molecule has 18 heavy (non-hydrogen) atoms. The first-order valence-corrected chi connectivity index (χ1v) is 6.46. The van der Waals surface area contributed by atoms with Crippen molar-refractivity contribution < 1.29 is 9.13 Å². The molecule has 1 fully saturated rings. The van der Waals surface area contributed by atoms with Crippen LogP contribution in [0.15, 0.2) is 12.1 Å². The molecule has 0 amide bonds. The van der Waals surface area contributed by atoms with Gasteiger partial charge in [0.15, 0.2) is 22.4 Å². The van der Waals surface area contributed by atoms with Gasteiger partial charge in [-0.25, -0.2) is 4.39 Å². The topological polar surface area (TPSA) is 33.3 Å². The van der Waals surface area contributed by atoms with E-state index in [0.29, 0.717) is 15.7 Å². The molecule has 2 N–H and O–H groups in total. The van der Waals surface area contributed by atoms with E-state index in [4.69, 9.17) is 28.6 Å². The number of hydrogen-bond acceptors (Lipinski definition) is 2. The Morgan fingerprint density at radius 2 is 2.22 bits per heavy atom. The average molecular weight is 287 g/mol. The maximum absolute atomic E-state index is 13.9. The van der Waals surface area contributed by atoms with E-state index in [9.17, 15) is 4.39 Å². The number of halogens is 2. The number of thiocarbonyl (C=S) groups is 1. The van der Waals surface area contributed by atoms with Gasteiger partial charge in [-0.2, -0.15) is 0 Å². The predicted molar refractivity (Wildman–Crippen MR) is 71.2 cm³/mol. The number of hydrogen-bond donors (Lipinski definition) is 2. The van der Waals surface area contributed by atoms with Gasteiger partial charge in [0.05, 0.1) is 6.04 Å². The van der Waals surface area contributed by atoms with E-state index in [2.05, 4.69) is 10.6 Å². The van der Waals surface area contributed by atoms with Gasteiger partial charge in [-0.15, -0.1) is 0 Å². The van der Waals surface area contributed by atoms with Gasteiger partial charge in [0.1, 0.15) is 0 Å². The zero-order valence-electron chi connectivity index (χ0n) is 9.88. The fraction of sp³-hybridized carbons (Fsp3) is 0.417. The van der Waals surface area contributed by atoms with Crippen molar-refractivity contribution in [3.05, 3.63) is 28.5 Å². The summed E-state index contributed by atoms with van der Waals surface area (Å²) < 4.78 is 19.7. The highest BCUT2D eigenvalue weighted by molar-refractivity contribution is 7.80.